The smallest absolute Gasteiger partial charge is 0.302 e. The van der Waals surface area contributed by atoms with Crippen molar-refractivity contribution in [2.24, 2.45) is 11.7 Å². The number of benzene rings is 1. The van der Waals surface area contributed by atoms with Crippen LogP contribution in [-0.4, -0.2) is 30.6 Å². The average Bonchev–Trinajstić information content (AvgIpc) is 3.04. The maximum absolute atomic E-state index is 10.6. The minimum Gasteiger partial charge on any atom is -0.466 e. The van der Waals surface area contributed by atoms with E-state index in [1.807, 2.05) is 24.3 Å². The second-order valence-electron chi connectivity index (χ2n) is 4.75. The number of nitrogens with one attached hydrogen (secondary N) is 2. The number of carbonyl (C=O) groups is 1. The van der Waals surface area contributed by atoms with E-state index in [-0.39, 0.29) is 19.1 Å². The van der Waals surface area contributed by atoms with Gasteiger partial charge in [0.1, 0.15) is 0 Å². The molecule has 0 bridgehead atoms. The van der Waals surface area contributed by atoms with Crippen LogP contribution in [0.4, 0.5) is 0 Å². The van der Waals surface area contributed by atoms with Crippen LogP contribution in [0.25, 0.3) is 10.9 Å². The van der Waals surface area contributed by atoms with Crippen LogP contribution in [-0.2, 0) is 16.0 Å². The number of aromatic amines is 1. The second-order valence-corrected chi connectivity index (χ2v) is 4.75. The van der Waals surface area contributed by atoms with Crippen LogP contribution in [0, 0.1) is 22.7 Å². The lowest BCUT2D eigenvalue weighted by atomic mass is 10.2. The van der Waals surface area contributed by atoms with Crippen LogP contribution in [0.15, 0.2) is 30.3 Å². The van der Waals surface area contributed by atoms with Gasteiger partial charge in [-0.2, -0.15) is 10.5 Å². The van der Waals surface area contributed by atoms with Gasteiger partial charge in [-0.1, -0.05) is 18.2 Å². The number of nitrogens with two attached hydrogens (primary N) is 2. The fourth-order valence-corrected chi connectivity index (χ4v) is 1.92. The van der Waals surface area contributed by atoms with Crippen LogP contribution in [0.2, 0.25) is 0 Å². The van der Waals surface area contributed by atoms with Crippen molar-refractivity contribution in [3.8, 4) is 12.1 Å². The summed E-state index contributed by atoms with van der Waals surface area (Å²) in [4.78, 5) is 13.9. The van der Waals surface area contributed by atoms with Gasteiger partial charge in [-0.05, 0) is 30.4 Å². The highest BCUT2D eigenvalue weighted by atomic mass is 16.5. The van der Waals surface area contributed by atoms with Gasteiger partial charge in [-0.3, -0.25) is 21.8 Å². The number of ether oxygens (including phenoxy) is 1. The summed E-state index contributed by atoms with van der Waals surface area (Å²) >= 11 is 0. The molecule has 1 aromatic heterocycles. The van der Waals surface area contributed by atoms with Crippen LogP contribution in [0.3, 0.4) is 0 Å². The Labute approximate surface area is 147 Å². The topological polar surface area (TPSA) is 154 Å². The molecule has 0 saturated heterocycles. The van der Waals surface area contributed by atoms with Crippen molar-refractivity contribution in [1.82, 2.24) is 10.3 Å². The number of hydrogen-bond acceptors (Lipinski definition) is 7. The van der Waals surface area contributed by atoms with Crippen molar-refractivity contribution in [2.75, 3.05) is 19.7 Å². The molecule has 134 valence electrons. The number of aromatic nitrogens is 1. The van der Waals surface area contributed by atoms with E-state index in [4.69, 9.17) is 15.3 Å². The van der Waals surface area contributed by atoms with Crippen LogP contribution in [0.1, 0.15) is 19.0 Å². The quantitative estimate of drug-likeness (QED) is 0.201. The molecule has 2 aromatic rings. The average molecular weight is 344 g/mol. The number of para-hydroxylation sites is 1. The Kier molecular flexibility index (Phi) is 13.0. The normalized spacial score (nSPS) is 8.84. The van der Waals surface area contributed by atoms with Gasteiger partial charge in [0, 0.05) is 18.1 Å². The van der Waals surface area contributed by atoms with Crippen molar-refractivity contribution >= 4 is 16.9 Å². The molecule has 0 aliphatic heterocycles. The van der Waals surface area contributed by atoms with Gasteiger partial charge in [0.15, 0.2) is 0 Å². The Hall–Kier alpha value is -2.91. The van der Waals surface area contributed by atoms with E-state index >= 15 is 0 Å². The predicted molar refractivity (Wildman–Crippen MR) is 95.7 cm³/mol. The highest BCUT2D eigenvalue weighted by Crippen LogP contribution is 2.15. The van der Waals surface area contributed by atoms with E-state index in [0.717, 1.165) is 18.4 Å². The zero-order valence-electron chi connectivity index (χ0n) is 14.3. The lowest BCUT2D eigenvalue weighted by Crippen LogP contribution is -2.12. The summed E-state index contributed by atoms with van der Waals surface area (Å²) in [6.07, 6.45) is 1.76. The van der Waals surface area contributed by atoms with Crippen LogP contribution < -0.4 is 17.0 Å². The minimum absolute atomic E-state index is 0.211. The lowest BCUT2D eigenvalue weighted by molar-refractivity contribution is -0.141. The Morgan fingerprint density at radius 1 is 1.24 bits per heavy atom. The van der Waals surface area contributed by atoms with E-state index in [0.29, 0.717) is 6.61 Å². The van der Waals surface area contributed by atoms with Crippen molar-refractivity contribution in [1.29, 1.82) is 10.5 Å². The molecule has 2 rings (SSSR count). The second kappa shape index (κ2) is 14.7. The Balaban J connectivity index is 0.000000544. The molecule has 0 spiro atoms. The van der Waals surface area contributed by atoms with Crippen molar-refractivity contribution in [3.63, 3.8) is 0 Å². The van der Waals surface area contributed by atoms with E-state index in [2.05, 4.69) is 40.2 Å². The molecule has 1 aromatic carbocycles. The highest BCUT2D eigenvalue weighted by Gasteiger charge is 2.00. The molecule has 6 N–H and O–H groups in total. The summed E-state index contributed by atoms with van der Waals surface area (Å²) in [6, 6.07) is 14.0. The Morgan fingerprint density at radius 2 is 1.88 bits per heavy atom. The number of carbonyl (C=O) groups excluding carboxylic acids is 1. The zero-order chi connectivity index (χ0) is 18.9. The maximum atomic E-state index is 10.6. The summed E-state index contributed by atoms with van der Waals surface area (Å²) in [5, 5.41) is 19.5. The van der Waals surface area contributed by atoms with Crippen molar-refractivity contribution < 1.29 is 9.53 Å². The van der Waals surface area contributed by atoms with E-state index in [1.165, 1.54) is 18.0 Å². The summed E-state index contributed by atoms with van der Waals surface area (Å²) in [6.45, 7) is 2.44. The van der Waals surface area contributed by atoms with E-state index < -0.39 is 0 Å². The molecule has 0 unspecified atom stereocenters. The monoisotopic (exact) mass is 344 g/mol. The molecule has 0 aliphatic rings. The molecule has 0 fully saturated rings. The third-order valence-corrected chi connectivity index (χ3v) is 2.89. The highest BCUT2D eigenvalue weighted by molar-refractivity contribution is 5.80. The number of H-pyrrole nitrogens is 1. The summed E-state index contributed by atoms with van der Waals surface area (Å²) in [5.41, 5.74) is 2.35. The first-order chi connectivity index (χ1) is 12.2. The number of nitrogens with zero attached hydrogens (tertiary/aromatic N) is 2. The first kappa shape index (κ1) is 22.1. The number of hydrazine groups is 1. The number of nitriles is 2. The maximum Gasteiger partial charge on any atom is 0.302 e. The fraction of sp³-hybridized carbons (Fsp3) is 0.353. The van der Waals surface area contributed by atoms with Gasteiger partial charge in [0.05, 0.1) is 31.8 Å². The summed E-state index contributed by atoms with van der Waals surface area (Å²) in [7, 11) is 0. The molecule has 0 aliphatic carbocycles. The van der Waals surface area contributed by atoms with Crippen LogP contribution in [0.5, 0.6) is 0 Å². The summed E-state index contributed by atoms with van der Waals surface area (Å²) < 4.78 is 4.88. The Morgan fingerprint density at radius 3 is 2.44 bits per heavy atom. The van der Waals surface area contributed by atoms with Gasteiger partial charge in [0.25, 0.3) is 0 Å². The minimum atomic E-state index is -0.211. The number of esters is 1. The molecule has 0 amide bonds. The van der Waals surface area contributed by atoms with E-state index in [1.54, 1.807) is 0 Å². The molecule has 8 heteroatoms. The van der Waals surface area contributed by atoms with Gasteiger partial charge in [-0.15, -0.1) is 0 Å². The van der Waals surface area contributed by atoms with Crippen molar-refractivity contribution in [3.05, 3.63) is 36.0 Å². The van der Waals surface area contributed by atoms with Gasteiger partial charge in [0.2, 0.25) is 0 Å². The van der Waals surface area contributed by atoms with Gasteiger partial charge in [-0.25, -0.2) is 0 Å². The Bertz CT molecular complexity index is 652. The molecule has 8 nitrogen and oxygen atoms in total. The molecule has 0 radical (unpaired) electrons. The van der Waals surface area contributed by atoms with Crippen LogP contribution >= 0.6 is 0 Å². The lowest BCUT2D eigenvalue weighted by Gasteiger charge is -1.99. The molecule has 0 saturated carbocycles. The number of aryl methyl sites for hydroxylation is 1. The zero-order valence-corrected chi connectivity index (χ0v) is 14.3. The molecule has 25 heavy (non-hydrogen) atoms. The fourth-order valence-electron chi connectivity index (χ4n) is 1.92. The molecular formula is C17H24N6O2. The summed E-state index contributed by atoms with van der Waals surface area (Å²) in [5.74, 6) is 7.79. The third kappa shape index (κ3) is 10.5. The standard InChI is InChI=1S/C13H15NO2.C4H5N3.H4N2/c1-10(15)16-8-4-6-12-9-11-5-2-3-7-13(11)14-12;5-1-3-7-4-2-6;1-2/h2-3,5,7,9,14H,4,6,8H2,1H3;7H,3-4H2;1-2H2. The van der Waals surface area contributed by atoms with Crippen molar-refractivity contribution in [2.45, 2.75) is 19.8 Å². The molecule has 0 atom stereocenters. The third-order valence-electron chi connectivity index (χ3n) is 2.89. The largest absolute Gasteiger partial charge is 0.466 e. The first-order valence-corrected chi connectivity index (χ1v) is 7.65. The molecular weight excluding hydrogens is 320 g/mol. The molecule has 1 heterocycles. The SMILES string of the molecule is CC(=O)OCCCc1cc2ccccc2[nH]1.N#CCNCC#N.NN. The van der Waals surface area contributed by atoms with Gasteiger partial charge < -0.3 is 9.72 Å². The number of rotatable bonds is 6. The van der Waals surface area contributed by atoms with E-state index in [9.17, 15) is 4.79 Å². The number of hydrogen-bond donors (Lipinski definition) is 4. The van der Waals surface area contributed by atoms with Gasteiger partial charge >= 0.3 is 5.97 Å². The number of fused-ring (bicyclic) bond motifs is 1. The predicted octanol–water partition coefficient (Wildman–Crippen LogP) is 1.11. The first-order valence-electron chi connectivity index (χ1n) is 7.65.